The molecule has 0 aliphatic heterocycles. The van der Waals surface area contributed by atoms with E-state index in [9.17, 15) is 18.3 Å². The van der Waals surface area contributed by atoms with E-state index in [4.69, 9.17) is 4.74 Å². The van der Waals surface area contributed by atoms with Crippen molar-refractivity contribution in [2.75, 3.05) is 6.61 Å². The van der Waals surface area contributed by atoms with Gasteiger partial charge in [0.2, 0.25) is 0 Å². The summed E-state index contributed by atoms with van der Waals surface area (Å²) in [5.74, 6) is -0.976. The Kier molecular flexibility index (Phi) is 4.28. The summed E-state index contributed by atoms with van der Waals surface area (Å²) in [7, 11) is 0. The summed E-state index contributed by atoms with van der Waals surface area (Å²) in [6.45, 7) is 2.22. The first-order valence-corrected chi connectivity index (χ1v) is 6.88. The van der Waals surface area contributed by atoms with E-state index in [-0.39, 0.29) is 12.8 Å². The molecule has 20 heavy (non-hydrogen) atoms. The fourth-order valence-corrected chi connectivity index (χ4v) is 2.91. The van der Waals surface area contributed by atoms with E-state index in [2.05, 4.69) is 0 Å². The number of rotatable bonds is 3. The second kappa shape index (κ2) is 5.64. The summed E-state index contributed by atoms with van der Waals surface area (Å²) in [5.41, 5.74) is -0.986. The van der Waals surface area contributed by atoms with Gasteiger partial charge in [-0.05, 0) is 38.7 Å². The first kappa shape index (κ1) is 15.2. The van der Waals surface area contributed by atoms with E-state index < -0.39 is 17.7 Å². The van der Waals surface area contributed by atoms with Crippen molar-refractivity contribution in [2.24, 2.45) is 5.92 Å². The molecule has 1 fully saturated rings. The lowest BCUT2D eigenvalue weighted by Gasteiger charge is -2.38. The molecule has 1 aromatic rings. The maximum atomic E-state index is 12.9. The number of ether oxygens (including phenoxy) is 1. The molecule has 0 amide bonds. The highest BCUT2D eigenvalue weighted by molar-refractivity contribution is 5.38. The van der Waals surface area contributed by atoms with E-state index in [1.165, 1.54) is 0 Å². The van der Waals surface area contributed by atoms with Gasteiger partial charge in [0.1, 0.15) is 5.75 Å². The van der Waals surface area contributed by atoms with Crippen molar-refractivity contribution < 1.29 is 23.0 Å². The van der Waals surface area contributed by atoms with Crippen molar-refractivity contribution in [3.05, 3.63) is 29.8 Å². The minimum atomic E-state index is -4.26. The van der Waals surface area contributed by atoms with Gasteiger partial charge in [-0.3, -0.25) is 0 Å². The third kappa shape index (κ3) is 3.08. The highest BCUT2D eigenvalue weighted by Crippen LogP contribution is 2.47. The molecule has 0 bridgehead atoms. The van der Waals surface area contributed by atoms with Gasteiger partial charge in [0.15, 0.2) is 0 Å². The van der Waals surface area contributed by atoms with E-state index in [1.807, 2.05) is 0 Å². The lowest BCUT2D eigenvalue weighted by molar-refractivity contribution is -0.202. The van der Waals surface area contributed by atoms with Crippen molar-refractivity contribution in [3.63, 3.8) is 0 Å². The van der Waals surface area contributed by atoms with E-state index in [0.29, 0.717) is 30.8 Å². The topological polar surface area (TPSA) is 29.5 Å². The molecule has 2 unspecified atom stereocenters. The standard InChI is InChI=1S/C15H19F3O2/c1-2-20-13-8-4-3-7-12(13)14(19)9-5-6-11(10-14)15(16,17)18/h3-4,7-8,11,19H,2,5-6,9-10H2,1H3. The Morgan fingerprint density at radius 3 is 2.70 bits per heavy atom. The second-order valence-corrected chi connectivity index (χ2v) is 5.30. The molecule has 1 N–H and O–H groups in total. The summed E-state index contributed by atoms with van der Waals surface area (Å²) in [4.78, 5) is 0. The van der Waals surface area contributed by atoms with Crippen LogP contribution < -0.4 is 4.74 Å². The largest absolute Gasteiger partial charge is 0.493 e. The molecular formula is C15H19F3O2. The number of hydrogen-bond acceptors (Lipinski definition) is 2. The zero-order valence-electron chi connectivity index (χ0n) is 11.4. The fraction of sp³-hybridized carbons (Fsp3) is 0.600. The molecule has 2 nitrogen and oxygen atoms in total. The molecule has 1 aliphatic rings. The van der Waals surface area contributed by atoms with Crippen molar-refractivity contribution in [1.29, 1.82) is 0 Å². The normalized spacial score (nSPS) is 27.4. The van der Waals surface area contributed by atoms with Crippen molar-refractivity contribution in [2.45, 2.75) is 44.4 Å². The van der Waals surface area contributed by atoms with Crippen molar-refractivity contribution in [1.82, 2.24) is 0 Å². The minimum Gasteiger partial charge on any atom is -0.493 e. The molecule has 112 valence electrons. The van der Waals surface area contributed by atoms with Gasteiger partial charge < -0.3 is 9.84 Å². The van der Waals surface area contributed by atoms with Crippen LogP contribution >= 0.6 is 0 Å². The van der Waals surface area contributed by atoms with Gasteiger partial charge in [0, 0.05) is 5.56 Å². The maximum Gasteiger partial charge on any atom is 0.391 e. The van der Waals surface area contributed by atoms with Gasteiger partial charge in [0.25, 0.3) is 0 Å². The highest BCUT2D eigenvalue weighted by atomic mass is 19.4. The SMILES string of the molecule is CCOc1ccccc1C1(O)CCCC(C(F)(F)F)C1. The number of para-hydroxylation sites is 1. The Labute approximate surface area is 116 Å². The van der Waals surface area contributed by atoms with Gasteiger partial charge in [-0.1, -0.05) is 18.2 Å². The summed E-state index contributed by atoms with van der Waals surface area (Å²) in [5, 5.41) is 10.7. The van der Waals surface area contributed by atoms with Crippen molar-refractivity contribution in [3.8, 4) is 5.75 Å². The molecule has 5 heteroatoms. The predicted molar refractivity (Wildman–Crippen MR) is 69.5 cm³/mol. The predicted octanol–water partition coefficient (Wildman–Crippen LogP) is 4.03. The number of hydrogen-bond donors (Lipinski definition) is 1. The zero-order chi connectivity index (χ0) is 14.8. The van der Waals surface area contributed by atoms with Crippen LogP contribution in [0.2, 0.25) is 0 Å². The van der Waals surface area contributed by atoms with Crippen LogP contribution in [-0.4, -0.2) is 17.9 Å². The van der Waals surface area contributed by atoms with E-state index in [0.717, 1.165) is 0 Å². The van der Waals surface area contributed by atoms with Crippen molar-refractivity contribution >= 4 is 0 Å². The Bertz CT molecular complexity index is 459. The quantitative estimate of drug-likeness (QED) is 0.910. The maximum absolute atomic E-state index is 12.9. The third-order valence-corrected chi connectivity index (χ3v) is 3.88. The van der Waals surface area contributed by atoms with E-state index >= 15 is 0 Å². The molecule has 1 aliphatic carbocycles. The number of alkyl halides is 3. The van der Waals surface area contributed by atoms with E-state index in [1.54, 1.807) is 31.2 Å². The molecule has 0 radical (unpaired) electrons. The first-order chi connectivity index (χ1) is 9.37. The summed E-state index contributed by atoms with van der Waals surface area (Å²) in [6.07, 6.45) is -3.76. The monoisotopic (exact) mass is 288 g/mol. The van der Waals surface area contributed by atoms with Gasteiger partial charge in [-0.2, -0.15) is 13.2 Å². The fourth-order valence-electron chi connectivity index (χ4n) is 2.91. The first-order valence-electron chi connectivity index (χ1n) is 6.88. The van der Waals surface area contributed by atoms with Gasteiger partial charge >= 0.3 is 6.18 Å². The molecule has 2 atom stereocenters. The van der Waals surface area contributed by atoms with Crippen LogP contribution in [0.3, 0.4) is 0 Å². The minimum absolute atomic E-state index is 0.0859. The Morgan fingerprint density at radius 2 is 2.05 bits per heavy atom. The Hall–Kier alpha value is -1.23. The lowest BCUT2D eigenvalue weighted by Crippen LogP contribution is -2.38. The Morgan fingerprint density at radius 1 is 1.35 bits per heavy atom. The summed E-state index contributed by atoms with van der Waals surface area (Å²) >= 11 is 0. The molecule has 0 spiro atoms. The molecule has 1 aromatic carbocycles. The van der Waals surface area contributed by atoms with Crippen LogP contribution in [0.15, 0.2) is 24.3 Å². The zero-order valence-corrected chi connectivity index (χ0v) is 11.4. The smallest absolute Gasteiger partial charge is 0.391 e. The molecule has 2 rings (SSSR count). The van der Waals surface area contributed by atoms with Gasteiger partial charge in [-0.25, -0.2) is 0 Å². The van der Waals surface area contributed by atoms with Crippen LogP contribution in [0.25, 0.3) is 0 Å². The number of aliphatic hydroxyl groups is 1. The Balaban J connectivity index is 2.30. The number of benzene rings is 1. The molecular weight excluding hydrogens is 269 g/mol. The average molecular weight is 288 g/mol. The van der Waals surface area contributed by atoms with Crippen LogP contribution in [-0.2, 0) is 5.60 Å². The molecule has 0 heterocycles. The van der Waals surface area contributed by atoms with Crippen LogP contribution in [0.5, 0.6) is 5.75 Å². The number of halogens is 3. The molecule has 0 saturated heterocycles. The second-order valence-electron chi connectivity index (χ2n) is 5.30. The summed E-state index contributed by atoms with van der Waals surface area (Å²) < 4.78 is 44.2. The third-order valence-electron chi connectivity index (χ3n) is 3.88. The average Bonchev–Trinajstić information content (AvgIpc) is 2.39. The summed E-state index contributed by atoms with van der Waals surface area (Å²) in [6, 6.07) is 6.81. The van der Waals surface area contributed by atoms with Crippen LogP contribution in [0.4, 0.5) is 13.2 Å². The molecule has 1 saturated carbocycles. The molecule has 0 aromatic heterocycles. The van der Waals surface area contributed by atoms with Gasteiger partial charge in [-0.15, -0.1) is 0 Å². The van der Waals surface area contributed by atoms with Crippen LogP contribution in [0, 0.1) is 5.92 Å². The highest BCUT2D eigenvalue weighted by Gasteiger charge is 2.48. The van der Waals surface area contributed by atoms with Gasteiger partial charge in [0.05, 0.1) is 18.1 Å². The lowest BCUT2D eigenvalue weighted by atomic mass is 9.74. The van der Waals surface area contributed by atoms with Crippen LogP contribution in [0.1, 0.15) is 38.2 Å².